The maximum absolute atomic E-state index is 13.0. The third-order valence-corrected chi connectivity index (χ3v) is 4.25. The molecule has 0 amide bonds. The number of Topliss-reactive ketones (excluding diaryl/α,β-unsaturated/α-hetero) is 1. The van der Waals surface area contributed by atoms with E-state index in [9.17, 15) is 14.3 Å². The first kappa shape index (κ1) is 19.7. The van der Waals surface area contributed by atoms with Gasteiger partial charge in [-0.2, -0.15) is 0 Å². The van der Waals surface area contributed by atoms with Crippen molar-refractivity contribution >= 4 is 5.78 Å². The van der Waals surface area contributed by atoms with Crippen LogP contribution in [-0.4, -0.2) is 28.0 Å². The quantitative estimate of drug-likeness (QED) is 0.655. The van der Waals surface area contributed by atoms with E-state index in [1.54, 1.807) is 30.3 Å². The van der Waals surface area contributed by atoms with E-state index in [0.717, 1.165) is 5.56 Å². The van der Waals surface area contributed by atoms with Crippen molar-refractivity contribution in [3.63, 3.8) is 0 Å². The highest BCUT2D eigenvalue weighted by Crippen LogP contribution is 2.25. The standard InChI is InChI=1S/C22H21FN2O3/c1-14(26)22(24)21(27)13-17-3-2-4-20(25-17)15-5-9-18(10-6-15)28-19-11-7-16(23)8-12-19/h2-12,14,22,26H,13,24H2,1H3/t14?,22-/m0/s1. The molecule has 0 aliphatic carbocycles. The Kier molecular flexibility index (Phi) is 6.13. The van der Waals surface area contributed by atoms with Gasteiger partial charge in [0.1, 0.15) is 17.3 Å². The number of carbonyl (C=O) groups excluding carboxylic acids is 1. The van der Waals surface area contributed by atoms with Crippen LogP contribution in [0, 0.1) is 5.82 Å². The molecule has 0 bridgehead atoms. The molecule has 1 unspecified atom stereocenters. The van der Waals surface area contributed by atoms with Crippen LogP contribution in [-0.2, 0) is 11.2 Å². The molecule has 5 nitrogen and oxygen atoms in total. The number of hydrogen-bond donors (Lipinski definition) is 2. The van der Waals surface area contributed by atoms with E-state index in [-0.39, 0.29) is 18.0 Å². The van der Waals surface area contributed by atoms with Gasteiger partial charge in [0.2, 0.25) is 0 Å². The van der Waals surface area contributed by atoms with Gasteiger partial charge >= 0.3 is 0 Å². The molecule has 28 heavy (non-hydrogen) atoms. The van der Waals surface area contributed by atoms with Crippen molar-refractivity contribution in [2.45, 2.75) is 25.5 Å². The molecule has 0 aliphatic heterocycles. The largest absolute Gasteiger partial charge is 0.457 e. The molecule has 0 fully saturated rings. The highest BCUT2D eigenvalue weighted by Gasteiger charge is 2.19. The summed E-state index contributed by atoms with van der Waals surface area (Å²) in [5.41, 5.74) is 7.85. The zero-order chi connectivity index (χ0) is 20.1. The fourth-order valence-corrected chi connectivity index (χ4v) is 2.64. The van der Waals surface area contributed by atoms with Gasteiger partial charge in [-0.15, -0.1) is 0 Å². The van der Waals surface area contributed by atoms with Crippen LogP contribution in [0.1, 0.15) is 12.6 Å². The molecule has 3 aromatic rings. The first-order valence-electron chi connectivity index (χ1n) is 8.88. The van der Waals surface area contributed by atoms with Crippen LogP contribution in [0.3, 0.4) is 0 Å². The predicted octanol–water partition coefficient (Wildman–Crippen LogP) is 3.50. The molecule has 0 saturated heterocycles. The number of halogens is 1. The lowest BCUT2D eigenvalue weighted by atomic mass is 10.0. The summed E-state index contributed by atoms with van der Waals surface area (Å²) in [6.07, 6.45) is -0.838. The van der Waals surface area contributed by atoms with Crippen molar-refractivity contribution < 1.29 is 19.0 Å². The van der Waals surface area contributed by atoms with E-state index in [1.165, 1.54) is 19.1 Å². The Morgan fingerprint density at radius 1 is 1.07 bits per heavy atom. The van der Waals surface area contributed by atoms with Gasteiger partial charge < -0.3 is 15.6 Å². The number of rotatable bonds is 7. The van der Waals surface area contributed by atoms with Gasteiger partial charge in [-0.05, 0) is 67.6 Å². The molecule has 0 spiro atoms. The molecule has 3 rings (SSSR count). The highest BCUT2D eigenvalue weighted by atomic mass is 19.1. The molecule has 6 heteroatoms. The van der Waals surface area contributed by atoms with Crippen LogP contribution >= 0.6 is 0 Å². The number of carbonyl (C=O) groups is 1. The molecule has 1 aromatic heterocycles. The Bertz CT molecular complexity index is 941. The van der Waals surface area contributed by atoms with E-state index in [2.05, 4.69) is 4.98 Å². The molecule has 2 atom stereocenters. The Morgan fingerprint density at radius 2 is 1.68 bits per heavy atom. The van der Waals surface area contributed by atoms with Crippen LogP contribution in [0.5, 0.6) is 11.5 Å². The summed E-state index contributed by atoms with van der Waals surface area (Å²) in [5.74, 6) is 0.580. The predicted molar refractivity (Wildman–Crippen MR) is 105 cm³/mol. The molecule has 2 aromatic carbocycles. The Balaban J connectivity index is 1.71. The summed E-state index contributed by atoms with van der Waals surface area (Å²) in [4.78, 5) is 16.6. The van der Waals surface area contributed by atoms with Crippen molar-refractivity contribution in [2.75, 3.05) is 0 Å². The molecule has 0 radical (unpaired) electrons. The van der Waals surface area contributed by atoms with Crippen molar-refractivity contribution in [2.24, 2.45) is 5.73 Å². The third-order valence-electron chi connectivity index (χ3n) is 4.25. The summed E-state index contributed by atoms with van der Waals surface area (Å²) in [6, 6.07) is 17.6. The molecule has 0 saturated carbocycles. The maximum atomic E-state index is 13.0. The van der Waals surface area contributed by atoms with Crippen LogP contribution in [0.2, 0.25) is 0 Å². The number of aliphatic hydroxyl groups excluding tert-OH is 1. The second-order valence-electron chi connectivity index (χ2n) is 6.50. The van der Waals surface area contributed by atoms with Gasteiger partial charge in [-0.1, -0.05) is 6.07 Å². The first-order chi connectivity index (χ1) is 13.4. The van der Waals surface area contributed by atoms with Gasteiger partial charge in [0.05, 0.1) is 24.3 Å². The SMILES string of the molecule is CC(O)[C@H](N)C(=O)Cc1cccc(-c2ccc(Oc3ccc(F)cc3)cc2)n1. The summed E-state index contributed by atoms with van der Waals surface area (Å²) >= 11 is 0. The lowest BCUT2D eigenvalue weighted by Crippen LogP contribution is -2.41. The minimum absolute atomic E-state index is 0.0612. The van der Waals surface area contributed by atoms with Crippen LogP contribution < -0.4 is 10.5 Å². The Morgan fingerprint density at radius 3 is 2.29 bits per heavy atom. The normalized spacial score (nSPS) is 13.0. The van der Waals surface area contributed by atoms with E-state index in [4.69, 9.17) is 10.5 Å². The summed E-state index contributed by atoms with van der Waals surface area (Å²) in [6.45, 7) is 1.49. The number of aromatic nitrogens is 1. The number of aliphatic hydroxyl groups is 1. The second-order valence-corrected chi connectivity index (χ2v) is 6.50. The van der Waals surface area contributed by atoms with Gasteiger partial charge in [-0.25, -0.2) is 4.39 Å². The van der Waals surface area contributed by atoms with E-state index < -0.39 is 12.1 Å². The lowest BCUT2D eigenvalue weighted by molar-refractivity contribution is -0.121. The monoisotopic (exact) mass is 380 g/mol. The number of nitrogens with two attached hydrogens (primary N) is 1. The van der Waals surface area contributed by atoms with Crippen LogP contribution in [0.15, 0.2) is 66.7 Å². The lowest BCUT2D eigenvalue weighted by Gasteiger charge is -2.13. The average molecular weight is 380 g/mol. The van der Waals surface area contributed by atoms with Crippen molar-refractivity contribution in [1.29, 1.82) is 0 Å². The summed E-state index contributed by atoms with van der Waals surface area (Å²) in [7, 11) is 0. The van der Waals surface area contributed by atoms with Gasteiger partial charge in [0.15, 0.2) is 5.78 Å². The first-order valence-corrected chi connectivity index (χ1v) is 8.88. The molecule has 0 aliphatic rings. The molecule has 3 N–H and O–H groups in total. The van der Waals surface area contributed by atoms with E-state index in [0.29, 0.717) is 22.9 Å². The Labute approximate surface area is 162 Å². The zero-order valence-corrected chi connectivity index (χ0v) is 15.4. The average Bonchev–Trinajstić information content (AvgIpc) is 2.70. The fraction of sp³-hybridized carbons (Fsp3) is 0.182. The molecular weight excluding hydrogens is 359 g/mol. The summed E-state index contributed by atoms with van der Waals surface area (Å²) < 4.78 is 18.6. The van der Waals surface area contributed by atoms with Crippen molar-refractivity contribution in [1.82, 2.24) is 4.98 Å². The van der Waals surface area contributed by atoms with Gasteiger partial charge in [-0.3, -0.25) is 9.78 Å². The third kappa shape index (κ3) is 5.00. The van der Waals surface area contributed by atoms with Crippen molar-refractivity contribution in [3.05, 3.63) is 78.2 Å². The van der Waals surface area contributed by atoms with E-state index >= 15 is 0 Å². The highest BCUT2D eigenvalue weighted by molar-refractivity contribution is 5.86. The molecular formula is C22H21FN2O3. The number of pyridine rings is 1. The Hall–Kier alpha value is -3.09. The maximum Gasteiger partial charge on any atom is 0.158 e. The topological polar surface area (TPSA) is 85.4 Å². The number of ketones is 1. The fourth-order valence-electron chi connectivity index (χ4n) is 2.64. The number of benzene rings is 2. The molecule has 144 valence electrons. The second kappa shape index (κ2) is 8.73. The van der Waals surface area contributed by atoms with Gasteiger partial charge in [0, 0.05) is 11.3 Å². The summed E-state index contributed by atoms with van der Waals surface area (Å²) in [5, 5.41) is 9.45. The minimum atomic E-state index is -0.923. The van der Waals surface area contributed by atoms with Crippen LogP contribution in [0.25, 0.3) is 11.3 Å². The smallest absolute Gasteiger partial charge is 0.158 e. The minimum Gasteiger partial charge on any atom is -0.457 e. The zero-order valence-electron chi connectivity index (χ0n) is 15.4. The van der Waals surface area contributed by atoms with Crippen molar-refractivity contribution in [3.8, 4) is 22.8 Å². The number of nitrogens with zero attached hydrogens (tertiary/aromatic N) is 1. The van der Waals surface area contributed by atoms with Gasteiger partial charge in [0.25, 0.3) is 0 Å². The van der Waals surface area contributed by atoms with E-state index in [1.807, 2.05) is 24.3 Å². The van der Waals surface area contributed by atoms with Crippen LogP contribution in [0.4, 0.5) is 4.39 Å². The number of ether oxygens (including phenoxy) is 1. The number of hydrogen-bond acceptors (Lipinski definition) is 5. The molecule has 1 heterocycles.